The minimum Gasteiger partial charge on any atom is -0.493 e. The Hall–Kier alpha value is -2.44. The van der Waals surface area contributed by atoms with Gasteiger partial charge in [-0.25, -0.2) is 4.79 Å². The largest absolute Gasteiger partial charge is 0.493 e. The van der Waals surface area contributed by atoms with E-state index in [0.29, 0.717) is 17.2 Å². The van der Waals surface area contributed by atoms with E-state index < -0.39 is 11.9 Å². The van der Waals surface area contributed by atoms with Crippen molar-refractivity contribution in [2.75, 3.05) is 40.3 Å². The van der Waals surface area contributed by atoms with Gasteiger partial charge in [0.05, 0.1) is 39.7 Å². The molecule has 7 nitrogen and oxygen atoms in total. The van der Waals surface area contributed by atoms with Gasteiger partial charge in [0, 0.05) is 12.1 Å². The fourth-order valence-corrected chi connectivity index (χ4v) is 1.54. The van der Waals surface area contributed by atoms with Gasteiger partial charge >= 0.3 is 11.9 Å². The van der Waals surface area contributed by atoms with Crippen LogP contribution in [-0.2, 0) is 14.3 Å². The molecule has 0 amide bonds. The van der Waals surface area contributed by atoms with E-state index in [1.807, 2.05) is 0 Å². The summed E-state index contributed by atoms with van der Waals surface area (Å²) in [5.41, 5.74) is 0.619. The number of carbonyl (C=O) groups excluding carboxylic acids is 2. The van der Waals surface area contributed by atoms with Crippen LogP contribution in [0.5, 0.6) is 11.5 Å². The molecule has 0 unspecified atom stereocenters. The van der Waals surface area contributed by atoms with Crippen molar-refractivity contribution in [3.63, 3.8) is 0 Å². The van der Waals surface area contributed by atoms with E-state index in [-0.39, 0.29) is 12.1 Å². The maximum atomic E-state index is 11.7. The molecule has 1 aromatic carbocycles. The van der Waals surface area contributed by atoms with Crippen LogP contribution in [-0.4, -0.2) is 46.9 Å². The van der Waals surface area contributed by atoms with Gasteiger partial charge in [-0.05, 0) is 0 Å². The van der Waals surface area contributed by atoms with Crippen LogP contribution in [0.1, 0.15) is 10.4 Å². The SMILES string of the molecule is COC(=O)CNc1cc(OC)c(OC)cc1C(=O)OC. The lowest BCUT2D eigenvalue weighted by Gasteiger charge is -2.14. The molecule has 0 saturated heterocycles. The van der Waals surface area contributed by atoms with E-state index in [1.165, 1.54) is 34.5 Å². The second-order valence-electron chi connectivity index (χ2n) is 3.67. The van der Waals surface area contributed by atoms with Crippen LogP contribution >= 0.6 is 0 Å². The predicted octanol–water partition coefficient (Wildman–Crippen LogP) is 1.08. The number of benzene rings is 1. The molecule has 0 fully saturated rings. The smallest absolute Gasteiger partial charge is 0.340 e. The van der Waals surface area contributed by atoms with Crippen LogP contribution in [0, 0.1) is 0 Å². The van der Waals surface area contributed by atoms with Gasteiger partial charge in [0.1, 0.15) is 6.54 Å². The molecular weight excluding hydrogens is 266 g/mol. The zero-order valence-electron chi connectivity index (χ0n) is 11.8. The summed E-state index contributed by atoms with van der Waals surface area (Å²) in [6, 6.07) is 3.03. The highest BCUT2D eigenvalue weighted by atomic mass is 16.5. The molecule has 110 valence electrons. The molecule has 0 aliphatic heterocycles. The molecule has 0 aliphatic rings. The summed E-state index contributed by atoms with van der Waals surface area (Å²) in [6.07, 6.45) is 0. The summed E-state index contributed by atoms with van der Waals surface area (Å²) in [5, 5.41) is 2.79. The average molecular weight is 283 g/mol. The maximum absolute atomic E-state index is 11.7. The van der Waals surface area contributed by atoms with E-state index >= 15 is 0 Å². The molecule has 1 rings (SSSR count). The highest BCUT2D eigenvalue weighted by molar-refractivity contribution is 5.97. The minimum absolute atomic E-state index is 0.0873. The normalized spacial score (nSPS) is 9.60. The third-order valence-corrected chi connectivity index (χ3v) is 2.58. The number of hydrogen-bond acceptors (Lipinski definition) is 7. The zero-order valence-corrected chi connectivity index (χ0v) is 11.8. The average Bonchev–Trinajstić information content (AvgIpc) is 2.50. The molecule has 1 aromatic rings. The van der Waals surface area contributed by atoms with Gasteiger partial charge in [0.15, 0.2) is 11.5 Å². The Morgan fingerprint density at radius 2 is 1.60 bits per heavy atom. The van der Waals surface area contributed by atoms with Crippen molar-refractivity contribution in [2.45, 2.75) is 0 Å². The minimum atomic E-state index is -0.557. The molecule has 0 aromatic heterocycles. The van der Waals surface area contributed by atoms with E-state index in [9.17, 15) is 9.59 Å². The number of methoxy groups -OCH3 is 4. The molecule has 0 spiro atoms. The summed E-state index contributed by atoms with van der Waals surface area (Å²) in [4.78, 5) is 22.9. The molecule has 0 saturated carbocycles. The molecule has 7 heteroatoms. The molecular formula is C13H17NO6. The van der Waals surface area contributed by atoms with Crippen molar-refractivity contribution >= 4 is 17.6 Å². The van der Waals surface area contributed by atoms with E-state index in [1.54, 1.807) is 6.07 Å². The molecule has 20 heavy (non-hydrogen) atoms. The van der Waals surface area contributed by atoms with Crippen molar-refractivity contribution in [1.29, 1.82) is 0 Å². The monoisotopic (exact) mass is 283 g/mol. The summed E-state index contributed by atoms with van der Waals surface area (Å²) in [6.45, 7) is -0.0873. The lowest BCUT2D eigenvalue weighted by Crippen LogP contribution is -2.17. The van der Waals surface area contributed by atoms with Crippen LogP contribution in [0.4, 0.5) is 5.69 Å². The zero-order chi connectivity index (χ0) is 15.1. The highest BCUT2D eigenvalue weighted by Crippen LogP contribution is 2.33. The molecule has 0 aliphatic carbocycles. The van der Waals surface area contributed by atoms with E-state index in [4.69, 9.17) is 14.2 Å². The molecule has 1 N–H and O–H groups in total. The highest BCUT2D eigenvalue weighted by Gasteiger charge is 2.18. The summed E-state index contributed by atoms with van der Waals surface area (Å²) >= 11 is 0. The Kier molecular flexibility index (Phi) is 5.64. The number of nitrogens with one attached hydrogen (secondary N) is 1. The van der Waals surface area contributed by atoms with Crippen molar-refractivity contribution in [2.24, 2.45) is 0 Å². The number of esters is 2. The van der Waals surface area contributed by atoms with E-state index in [2.05, 4.69) is 10.1 Å². The number of anilines is 1. The second-order valence-corrected chi connectivity index (χ2v) is 3.67. The fraction of sp³-hybridized carbons (Fsp3) is 0.385. The Morgan fingerprint density at radius 1 is 1.00 bits per heavy atom. The number of rotatable bonds is 6. The lowest BCUT2D eigenvalue weighted by molar-refractivity contribution is -0.138. The maximum Gasteiger partial charge on any atom is 0.340 e. The third kappa shape index (κ3) is 3.53. The fourth-order valence-electron chi connectivity index (χ4n) is 1.54. The van der Waals surface area contributed by atoms with Crippen LogP contribution < -0.4 is 14.8 Å². The first kappa shape index (κ1) is 15.6. The first-order chi connectivity index (χ1) is 9.57. The van der Waals surface area contributed by atoms with Gasteiger partial charge in [-0.15, -0.1) is 0 Å². The lowest BCUT2D eigenvalue weighted by atomic mass is 10.1. The van der Waals surface area contributed by atoms with Crippen LogP contribution in [0.2, 0.25) is 0 Å². The third-order valence-electron chi connectivity index (χ3n) is 2.58. The van der Waals surface area contributed by atoms with Crippen molar-refractivity contribution in [3.8, 4) is 11.5 Å². The Bertz CT molecular complexity index is 500. The summed E-state index contributed by atoms with van der Waals surface area (Å²) in [7, 11) is 5.48. The van der Waals surface area contributed by atoms with Gasteiger partial charge in [-0.3, -0.25) is 4.79 Å². The van der Waals surface area contributed by atoms with Crippen molar-refractivity contribution in [1.82, 2.24) is 0 Å². The van der Waals surface area contributed by atoms with Crippen molar-refractivity contribution < 1.29 is 28.5 Å². The Labute approximate surface area is 116 Å². The van der Waals surface area contributed by atoms with Crippen LogP contribution in [0.15, 0.2) is 12.1 Å². The number of ether oxygens (including phenoxy) is 4. The molecule has 0 atom stereocenters. The summed E-state index contributed by atoms with van der Waals surface area (Å²) < 4.78 is 19.5. The predicted molar refractivity (Wildman–Crippen MR) is 71.4 cm³/mol. The number of carbonyl (C=O) groups is 2. The quantitative estimate of drug-likeness (QED) is 0.782. The first-order valence-electron chi connectivity index (χ1n) is 5.72. The van der Waals surface area contributed by atoms with Crippen LogP contribution in [0.3, 0.4) is 0 Å². The number of hydrogen-bond donors (Lipinski definition) is 1. The van der Waals surface area contributed by atoms with Gasteiger partial charge in [-0.2, -0.15) is 0 Å². The van der Waals surface area contributed by atoms with Gasteiger partial charge in [0.2, 0.25) is 0 Å². The molecule has 0 radical (unpaired) electrons. The second kappa shape index (κ2) is 7.22. The van der Waals surface area contributed by atoms with E-state index in [0.717, 1.165) is 0 Å². The standard InChI is InChI=1S/C13H17NO6/c1-17-10-5-8(13(16)20-4)9(6-11(10)18-2)14-7-12(15)19-3/h5-6,14H,7H2,1-4H3. The topological polar surface area (TPSA) is 83.1 Å². The van der Waals surface area contributed by atoms with Crippen molar-refractivity contribution in [3.05, 3.63) is 17.7 Å². The van der Waals surface area contributed by atoms with Gasteiger partial charge < -0.3 is 24.3 Å². The van der Waals surface area contributed by atoms with Gasteiger partial charge in [0.25, 0.3) is 0 Å². The van der Waals surface area contributed by atoms with Crippen LogP contribution in [0.25, 0.3) is 0 Å². The first-order valence-corrected chi connectivity index (χ1v) is 5.72. The Morgan fingerprint density at radius 3 is 2.10 bits per heavy atom. The molecule has 0 heterocycles. The Balaban J connectivity index is 3.16. The van der Waals surface area contributed by atoms with Gasteiger partial charge in [-0.1, -0.05) is 0 Å². The summed E-state index contributed by atoms with van der Waals surface area (Å²) in [5.74, 6) is -0.210. The molecule has 0 bridgehead atoms.